The quantitative estimate of drug-likeness (QED) is 0.256. The van der Waals surface area contributed by atoms with Crippen LogP contribution in [-0.4, -0.2) is 99.1 Å². The summed E-state index contributed by atoms with van der Waals surface area (Å²) in [6.07, 6.45) is -5.98. The van der Waals surface area contributed by atoms with E-state index in [9.17, 15) is 18.3 Å². The molecule has 2 aliphatic rings. The van der Waals surface area contributed by atoms with Crippen LogP contribution >= 0.6 is 24.8 Å². The van der Waals surface area contributed by atoms with Gasteiger partial charge in [-0.2, -0.15) is 13.2 Å². The first-order valence-electron chi connectivity index (χ1n) is 14.4. The third-order valence-corrected chi connectivity index (χ3v) is 6.94. The number of rotatable bonds is 13. The maximum Gasteiger partial charge on any atom is 0.416 e. The van der Waals surface area contributed by atoms with Crippen LogP contribution in [0.4, 0.5) is 13.2 Å². The smallest absolute Gasteiger partial charge is 0.416 e. The summed E-state index contributed by atoms with van der Waals surface area (Å²) >= 11 is 0. The van der Waals surface area contributed by atoms with Crippen molar-refractivity contribution in [3.05, 3.63) is 65.7 Å². The highest BCUT2D eigenvalue weighted by molar-refractivity contribution is 5.85. The fourth-order valence-electron chi connectivity index (χ4n) is 4.83. The fraction of sp³-hybridized carbons (Fsp3) is 0.613. The number of hydrogen-bond donors (Lipinski definition) is 3. The number of nitrogens with zero attached hydrogens (tertiary/aromatic N) is 1. The Kier molecular flexibility index (Phi) is 17.6. The van der Waals surface area contributed by atoms with Crippen LogP contribution in [0.2, 0.25) is 0 Å². The molecule has 2 heterocycles. The minimum atomic E-state index is -4.33. The molecule has 6 unspecified atom stereocenters. The lowest BCUT2D eigenvalue weighted by Crippen LogP contribution is -2.44. The summed E-state index contributed by atoms with van der Waals surface area (Å²) in [7, 11) is 5.85. The van der Waals surface area contributed by atoms with Gasteiger partial charge in [0.25, 0.3) is 0 Å². The Morgan fingerprint density at radius 3 is 2.22 bits per heavy atom. The molecule has 3 N–H and O–H groups in total. The number of benzene rings is 2. The van der Waals surface area contributed by atoms with Crippen molar-refractivity contribution in [2.75, 3.05) is 47.4 Å². The molecule has 0 amide bonds. The van der Waals surface area contributed by atoms with E-state index in [2.05, 4.69) is 10.2 Å². The SMILES string of the molecule is CN(C)CCCOC1C(C(O)CO)OC2OC(C)(C)OC21.CNCCC(Oc1ccc(C(F)(F)F)cc1)c1ccccc1.Cl.Cl. The summed E-state index contributed by atoms with van der Waals surface area (Å²) in [5.41, 5.74) is 0.323. The molecule has 45 heavy (non-hydrogen) atoms. The monoisotopic (exact) mass is 686 g/mol. The Bertz CT molecular complexity index is 1090. The molecule has 0 aliphatic carbocycles. The maximum absolute atomic E-state index is 12.6. The summed E-state index contributed by atoms with van der Waals surface area (Å²) in [4.78, 5) is 2.08. The standard InChI is InChI=1S/C17H18F3NO.C14H27NO6.2ClH/c1-21-12-11-16(13-5-3-2-4-6-13)22-15-9-7-14(8-10-15)17(18,19)20;1-14(2)20-12-11(18-7-5-6-15(3)4)10(9(17)8-16)19-13(12)21-14;;/h2-10,16,21H,11-12H2,1H3;9-13,16-17H,5-8H2,1-4H3;2*1H. The first kappa shape index (κ1) is 41.3. The van der Waals surface area contributed by atoms with Crippen molar-refractivity contribution < 1.29 is 47.1 Å². The van der Waals surface area contributed by atoms with Crippen LogP contribution in [0.5, 0.6) is 5.75 Å². The largest absolute Gasteiger partial charge is 0.486 e. The van der Waals surface area contributed by atoms with Crippen LogP contribution in [0.3, 0.4) is 0 Å². The van der Waals surface area contributed by atoms with Crippen molar-refractivity contribution in [2.24, 2.45) is 0 Å². The summed E-state index contributed by atoms with van der Waals surface area (Å²) in [5, 5.41) is 22.1. The molecule has 2 aliphatic heterocycles. The third-order valence-electron chi connectivity index (χ3n) is 6.94. The normalized spacial score (nSPS) is 23.2. The predicted molar refractivity (Wildman–Crippen MR) is 169 cm³/mol. The van der Waals surface area contributed by atoms with E-state index in [1.807, 2.05) is 65.3 Å². The fourth-order valence-corrected chi connectivity index (χ4v) is 4.83. The van der Waals surface area contributed by atoms with Gasteiger partial charge in [0.2, 0.25) is 0 Å². The van der Waals surface area contributed by atoms with Crippen LogP contribution in [0, 0.1) is 0 Å². The van der Waals surface area contributed by atoms with Crippen molar-refractivity contribution >= 4 is 24.8 Å². The van der Waals surface area contributed by atoms with Gasteiger partial charge in [-0.3, -0.25) is 0 Å². The van der Waals surface area contributed by atoms with E-state index in [0.717, 1.165) is 43.6 Å². The highest BCUT2D eigenvalue weighted by Crippen LogP contribution is 2.39. The van der Waals surface area contributed by atoms with E-state index in [0.29, 0.717) is 12.4 Å². The molecule has 0 bridgehead atoms. The Morgan fingerprint density at radius 1 is 1.02 bits per heavy atom. The Hall–Kier alpha value is -1.71. The van der Waals surface area contributed by atoms with E-state index in [1.165, 1.54) is 12.1 Å². The van der Waals surface area contributed by atoms with Gasteiger partial charge in [0.15, 0.2) is 12.1 Å². The Morgan fingerprint density at radius 2 is 1.67 bits per heavy atom. The molecule has 14 heteroatoms. The summed E-state index contributed by atoms with van der Waals surface area (Å²) < 4.78 is 66.6. The molecule has 0 radical (unpaired) electrons. The average Bonchev–Trinajstić information content (AvgIpc) is 3.45. The van der Waals surface area contributed by atoms with E-state index in [1.54, 1.807) is 0 Å². The van der Waals surface area contributed by atoms with E-state index < -0.39 is 42.1 Å². The van der Waals surface area contributed by atoms with Gasteiger partial charge in [-0.15, -0.1) is 24.8 Å². The number of aliphatic hydroxyl groups is 2. The van der Waals surface area contributed by atoms with Crippen molar-refractivity contribution in [3.63, 3.8) is 0 Å². The van der Waals surface area contributed by atoms with Crippen molar-refractivity contribution in [3.8, 4) is 5.75 Å². The van der Waals surface area contributed by atoms with Gasteiger partial charge >= 0.3 is 6.18 Å². The number of ether oxygens (including phenoxy) is 5. The van der Waals surface area contributed by atoms with Gasteiger partial charge in [0.1, 0.15) is 36.3 Å². The zero-order chi connectivity index (χ0) is 31.6. The summed E-state index contributed by atoms with van der Waals surface area (Å²) in [6, 6.07) is 14.4. The molecular formula is C31H47Cl2F3N2O7. The Balaban J connectivity index is 0.000000431. The molecule has 0 spiro atoms. The molecule has 258 valence electrons. The molecule has 2 aromatic rings. The molecule has 2 fully saturated rings. The molecule has 0 saturated carbocycles. The van der Waals surface area contributed by atoms with Crippen LogP contribution in [0.1, 0.15) is 43.9 Å². The molecule has 4 rings (SSSR count). The van der Waals surface area contributed by atoms with Crippen molar-refractivity contribution in [1.82, 2.24) is 10.2 Å². The van der Waals surface area contributed by atoms with E-state index in [-0.39, 0.29) is 43.6 Å². The van der Waals surface area contributed by atoms with Crippen LogP contribution in [0.25, 0.3) is 0 Å². The van der Waals surface area contributed by atoms with Gasteiger partial charge in [0.05, 0.1) is 12.2 Å². The number of alkyl halides is 3. The van der Waals surface area contributed by atoms with Crippen LogP contribution in [-0.2, 0) is 25.1 Å². The highest BCUT2D eigenvalue weighted by atomic mass is 35.5. The van der Waals surface area contributed by atoms with Crippen LogP contribution < -0.4 is 10.1 Å². The number of nitrogens with one attached hydrogen (secondary N) is 1. The van der Waals surface area contributed by atoms with E-state index >= 15 is 0 Å². The number of aliphatic hydroxyl groups excluding tert-OH is 2. The number of hydrogen-bond acceptors (Lipinski definition) is 9. The molecule has 2 aromatic carbocycles. The lowest BCUT2D eigenvalue weighted by molar-refractivity contribution is -0.231. The van der Waals surface area contributed by atoms with E-state index in [4.69, 9.17) is 28.8 Å². The lowest BCUT2D eigenvalue weighted by atomic mass is 10.1. The second-order valence-corrected chi connectivity index (χ2v) is 11.2. The summed E-state index contributed by atoms with van der Waals surface area (Å²) in [5.74, 6) is -0.298. The molecule has 6 atom stereocenters. The minimum Gasteiger partial charge on any atom is -0.486 e. The lowest BCUT2D eigenvalue weighted by Gasteiger charge is -2.28. The molecule has 9 nitrogen and oxygen atoms in total. The number of halogens is 5. The van der Waals surface area contributed by atoms with Gasteiger partial charge in [-0.1, -0.05) is 30.3 Å². The first-order chi connectivity index (χ1) is 20.3. The average molecular weight is 688 g/mol. The molecule has 2 saturated heterocycles. The number of fused-ring (bicyclic) bond motifs is 1. The van der Waals surface area contributed by atoms with Gasteiger partial charge < -0.3 is 44.1 Å². The zero-order valence-corrected chi connectivity index (χ0v) is 27.9. The Labute approximate surface area is 276 Å². The second kappa shape index (κ2) is 19.2. The van der Waals surface area contributed by atoms with Gasteiger partial charge in [0, 0.05) is 13.0 Å². The first-order valence-corrected chi connectivity index (χ1v) is 14.4. The summed E-state index contributed by atoms with van der Waals surface area (Å²) in [6.45, 7) is 5.45. The highest BCUT2D eigenvalue weighted by Gasteiger charge is 2.56. The molecule has 0 aromatic heterocycles. The molecular weight excluding hydrogens is 640 g/mol. The predicted octanol–water partition coefficient (Wildman–Crippen LogP) is 4.83. The van der Waals surface area contributed by atoms with Crippen LogP contribution in [0.15, 0.2) is 54.6 Å². The maximum atomic E-state index is 12.6. The minimum absolute atomic E-state index is 0. The van der Waals surface area contributed by atoms with Crippen molar-refractivity contribution in [2.45, 2.75) is 75.5 Å². The van der Waals surface area contributed by atoms with Crippen molar-refractivity contribution in [1.29, 1.82) is 0 Å². The van der Waals surface area contributed by atoms with Gasteiger partial charge in [-0.05, 0) is 84.3 Å². The third kappa shape index (κ3) is 12.8. The topological polar surface area (TPSA) is 102 Å². The second-order valence-electron chi connectivity index (χ2n) is 11.2. The zero-order valence-electron chi connectivity index (χ0n) is 26.2. The van der Waals surface area contributed by atoms with Gasteiger partial charge in [-0.25, -0.2) is 0 Å².